The Balaban J connectivity index is 2.30. The summed E-state index contributed by atoms with van der Waals surface area (Å²) in [7, 11) is 0. The van der Waals surface area contributed by atoms with E-state index in [0.717, 1.165) is 6.42 Å². The lowest BCUT2D eigenvalue weighted by Gasteiger charge is -2.05. The van der Waals surface area contributed by atoms with Gasteiger partial charge in [0, 0.05) is 12.1 Å². The highest BCUT2D eigenvalue weighted by Crippen LogP contribution is 2.53. The second-order valence-electron chi connectivity index (χ2n) is 4.70. The number of anilines is 1. The molecule has 1 atom stereocenters. The van der Waals surface area contributed by atoms with Crippen LogP contribution in [0.5, 0.6) is 0 Å². The molecule has 15 heavy (non-hydrogen) atoms. The number of nitrogens with zero attached hydrogens (tertiary/aromatic N) is 1. The average molecular weight is 225 g/mol. The van der Waals surface area contributed by atoms with Gasteiger partial charge in [0.15, 0.2) is 5.78 Å². The molecule has 1 aromatic rings. The van der Waals surface area contributed by atoms with Gasteiger partial charge in [0.25, 0.3) is 0 Å². The van der Waals surface area contributed by atoms with E-state index >= 15 is 0 Å². The van der Waals surface area contributed by atoms with Gasteiger partial charge in [0.1, 0.15) is 5.82 Å². The van der Waals surface area contributed by atoms with E-state index < -0.39 is 0 Å². The molecule has 1 heterocycles. The Hall–Kier alpha value is -1.09. The van der Waals surface area contributed by atoms with Crippen molar-refractivity contribution in [3.63, 3.8) is 0 Å². The van der Waals surface area contributed by atoms with Gasteiger partial charge in [-0.2, -0.15) is 0 Å². The Morgan fingerprint density at radius 2 is 2.27 bits per heavy atom. The van der Waals surface area contributed by atoms with E-state index in [4.69, 9.17) is 17.3 Å². The predicted octanol–water partition coefficient (Wildman–Crippen LogP) is 2.55. The summed E-state index contributed by atoms with van der Waals surface area (Å²) in [5, 5.41) is 0.450. The maximum Gasteiger partial charge on any atom is 0.170 e. The molecule has 1 aliphatic carbocycles. The van der Waals surface area contributed by atoms with Crippen molar-refractivity contribution in [2.24, 2.45) is 11.3 Å². The van der Waals surface area contributed by atoms with E-state index in [0.29, 0.717) is 10.6 Å². The molecular formula is C11H13ClN2O. The van der Waals surface area contributed by atoms with Gasteiger partial charge in [-0.1, -0.05) is 25.4 Å². The molecule has 1 unspecified atom stereocenters. The number of hydrogen-bond donors (Lipinski definition) is 1. The maximum absolute atomic E-state index is 12.0. The Morgan fingerprint density at radius 1 is 1.67 bits per heavy atom. The van der Waals surface area contributed by atoms with Crippen LogP contribution in [0.15, 0.2) is 12.3 Å². The number of carbonyl (C=O) groups excluding carboxylic acids is 1. The summed E-state index contributed by atoms with van der Waals surface area (Å²) in [5.74, 6) is 0.402. The minimum absolute atomic E-state index is 0.0625. The molecular weight excluding hydrogens is 212 g/mol. The zero-order valence-corrected chi connectivity index (χ0v) is 9.51. The van der Waals surface area contributed by atoms with E-state index in [9.17, 15) is 4.79 Å². The molecule has 0 aliphatic heterocycles. The Kier molecular flexibility index (Phi) is 2.23. The fourth-order valence-corrected chi connectivity index (χ4v) is 1.91. The van der Waals surface area contributed by atoms with Crippen molar-refractivity contribution < 1.29 is 4.79 Å². The number of pyridine rings is 1. The monoisotopic (exact) mass is 224 g/mol. The minimum atomic E-state index is 0.0625. The molecule has 80 valence electrons. The van der Waals surface area contributed by atoms with Crippen LogP contribution in [0.4, 0.5) is 5.82 Å². The normalized spacial score (nSPS) is 22.5. The molecule has 4 heteroatoms. The zero-order valence-electron chi connectivity index (χ0n) is 8.75. The van der Waals surface area contributed by atoms with E-state index in [-0.39, 0.29) is 22.9 Å². The molecule has 3 nitrogen and oxygen atoms in total. The first-order chi connectivity index (χ1) is 6.92. The average Bonchev–Trinajstić information content (AvgIpc) is 2.78. The number of halogens is 1. The van der Waals surface area contributed by atoms with E-state index in [1.165, 1.54) is 6.20 Å². The predicted molar refractivity (Wildman–Crippen MR) is 59.9 cm³/mol. The topological polar surface area (TPSA) is 56.0 Å². The van der Waals surface area contributed by atoms with E-state index in [1.807, 2.05) is 0 Å². The number of ketones is 1. The summed E-state index contributed by atoms with van der Waals surface area (Å²) in [4.78, 5) is 15.9. The first kappa shape index (κ1) is 10.4. The fourth-order valence-electron chi connectivity index (χ4n) is 1.75. The van der Waals surface area contributed by atoms with Crippen molar-refractivity contribution in [3.05, 3.63) is 22.8 Å². The van der Waals surface area contributed by atoms with Gasteiger partial charge >= 0.3 is 0 Å². The molecule has 0 saturated heterocycles. The number of hydrogen-bond acceptors (Lipinski definition) is 3. The van der Waals surface area contributed by atoms with Gasteiger partial charge in [0.05, 0.1) is 10.6 Å². The lowest BCUT2D eigenvalue weighted by molar-refractivity contribution is 0.0954. The van der Waals surface area contributed by atoms with Crippen molar-refractivity contribution in [2.75, 3.05) is 5.73 Å². The molecule has 1 aliphatic rings. The van der Waals surface area contributed by atoms with Gasteiger partial charge in [-0.05, 0) is 17.9 Å². The lowest BCUT2D eigenvalue weighted by Crippen LogP contribution is -2.10. The van der Waals surface area contributed by atoms with Gasteiger partial charge in [-0.3, -0.25) is 4.79 Å². The molecule has 2 N–H and O–H groups in total. The van der Waals surface area contributed by atoms with E-state index in [2.05, 4.69) is 18.8 Å². The van der Waals surface area contributed by atoms with E-state index in [1.54, 1.807) is 6.07 Å². The number of nitrogen functional groups attached to an aromatic ring is 1. The number of carbonyl (C=O) groups is 1. The van der Waals surface area contributed by atoms with Crippen LogP contribution < -0.4 is 5.73 Å². The van der Waals surface area contributed by atoms with Crippen LogP contribution in [-0.4, -0.2) is 10.8 Å². The van der Waals surface area contributed by atoms with Crippen molar-refractivity contribution >= 4 is 23.2 Å². The summed E-state index contributed by atoms with van der Waals surface area (Å²) in [6.07, 6.45) is 2.36. The highest BCUT2D eigenvalue weighted by molar-refractivity contribution is 6.31. The summed E-state index contributed by atoms with van der Waals surface area (Å²) < 4.78 is 0. The van der Waals surface area contributed by atoms with Crippen LogP contribution >= 0.6 is 11.6 Å². The van der Waals surface area contributed by atoms with Crippen LogP contribution in [0.3, 0.4) is 0 Å². The van der Waals surface area contributed by atoms with Gasteiger partial charge in [0.2, 0.25) is 0 Å². The first-order valence-electron chi connectivity index (χ1n) is 4.87. The van der Waals surface area contributed by atoms with Crippen LogP contribution in [0.1, 0.15) is 30.6 Å². The van der Waals surface area contributed by atoms with Crippen LogP contribution in [-0.2, 0) is 0 Å². The molecule has 1 fully saturated rings. The second kappa shape index (κ2) is 3.20. The van der Waals surface area contributed by atoms with Gasteiger partial charge < -0.3 is 5.73 Å². The molecule has 0 bridgehead atoms. The third-order valence-electron chi connectivity index (χ3n) is 2.98. The molecule has 2 rings (SSSR count). The summed E-state index contributed by atoms with van der Waals surface area (Å²) in [6.45, 7) is 4.15. The molecule has 0 radical (unpaired) electrons. The Morgan fingerprint density at radius 3 is 2.80 bits per heavy atom. The number of Topliss-reactive ketones (excluding diaryl/α,β-unsaturated/α-hetero) is 1. The number of aromatic nitrogens is 1. The smallest absolute Gasteiger partial charge is 0.170 e. The van der Waals surface area contributed by atoms with Crippen molar-refractivity contribution in [1.29, 1.82) is 0 Å². The zero-order chi connectivity index (χ0) is 11.2. The van der Waals surface area contributed by atoms with Crippen molar-refractivity contribution in [2.45, 2.75) is 20.3 Å². The molecule has 0 aromatic carbocycles. The lowest BCUT2D eigenvalue weighted by atomic mass is 10.0. The Bertz CT molecular complexity index is 429. The highest BCUT2D eigenvalue weighted by Gasteiger charge is 2.50. The quantitative estimate of drug-likeness (QED) is 0.786. The summed E-state index contributed by atoms with van der Waals surface area (Å²) >= 11 is 5.79. The largest absolute Gasteiger partial charge is 0.383 e. The van der Waals surface area contributed by atoms with Gasteiger partial charge in [-0.15, -0.1) is 0 Å². The summed E-state index contributed by atoms with van der Waals surface area (Å²) in [5.41, 5.74) is 6.21. The molecule has 0 spiro atoms. The maximum atomic E-state index is 12.0. The molecule has 0 amide bonds. The van der Waals surface area contributed by atoms with Crippen LogP contribution in [0, 0.1) is 11.3 Å². The van der Waals surface area contributed by atoms with Crippen molar-refractivity contribution in [3.8, 4) is 0 Å². The Labute approximate surface area is 93.6 Å². The number of nitrogens with two attached hydrogens (primary N) is 1. The first-order valence-corrected chi connectivity index (χ1v) is 5.25. The minimum Gasteiger partial charge on any atom is -0.383 e. The van der Waals surface area contributed by atoms with Crippen LogP contribution in [0.2, 0.25) is 5.02 Å². The SMILES string of the molecule is CC1(C)CC1C(=O)c1cc(Cl)cnc1N. The van der Waals surface area contributed by atoms with Crippen molar-refractivity contribution in [1.82, 2.24) is 4.98 Å². The summed E-state index contributed by atoms with van der Waals surface area (Å²) in [6, 6.07) is 1.60. The molecule has 1 aromatic heterocycles. The second-order valence-corrected chi connectivity index (χ2v) is 5.13. The third-order valence-corrected chi connectivity index (χ3v) is 3.19. The standard InChI is InChI=1S/C11H13ClN2O/c1-11(2)4-8(11)9(15)7-3-6(12)5-14-10(7)13/h3,5,8H,4H2,1-2H3,(H2,13,14). The number of rotatable bonds is 2. The third kappa shape index (κ3) is 1.84. The highest BCUT2D eigenvalue weighted by atomic mass is 35.5. The van der Waals surface area contributed by atoms with Gasteiger partial charge in [-0.25, -0.2) is 4.98 Å². The molecule has 1 saturated carbocycles. The fraction of sp³-hybridized carbons (Fsp3) is 0.455. The van der Waals surface area contributed by atoms with Crippen LogP contribution in [0.25, 0.3) is 0 Å².